The van der Waals surface area contributed by atoms with Gasteiger partial charge in [0.1, 0.15) is 0 Å². The Labute approximate surface area is 221 Å². The van der Waals surface area contributed by atoms with Gasteiger partial charge >= 0.3 is 6.03 Å². The summed E-state index contributed by atoms with van der Waals surface area (Å²) in [5.41, 5.74) is 1.00. The number of benzene rings is 1. The number of unbranched alkanes of at least 4 members (excludes halogenated alkanes) is 1. The zero-order chi connectivity index (χ0) is 26.9. The summed E-state index contributed by atoms with van der Waals surface area (Å²) in [6, 6.07) is 7.84. The number of hydrogen-bond acceptors (Lipinski definition) is 4. The molecule has 1 aliphatic heterocycles. The van der Waals surface area contributed by atoms with Gasteiger partial charge in [-0.05, 0) is 76.8 Å². The first kappa shape index (κ1) is 29.8. The number of hydrogen-bond donors (Lipinski definition) is 3. The minimum atomic E-state index is -2.54. The van der Waals surface area contributed by atoms with E-state index in [1.807, 2.05) is 37.1 Å². The third-order valence-electron chi connectivity index (χ3n) is 8.29. The van der Waals surface area contributed by atoms with Crippen molar-refractivity contribution in [3.05, 3.63) is 35.4 Å². The number of carbonyl (C=O) groups excluding carboxylic acids is 1. The van der Waals surface area contributed by atoms with Gasteiger partial charge < -0.3 is 25.4 Å². The fraction of sp³-hybridized carbons (Fsp3) is 0.759. The van der Waals surface area contributed by atoms with Crippen molar-refractivity contribution >= 4 is 6.03 Å². The largest absolute Gasteiger partial charge is 0.385 e. The van der Waals surface area contributed by atoms with Crippen molar-refractivity contribution < 1.29 is 23.4 Å². The topological polar surface area (TPSA) is 73.8 Å². The maximum absolute atomic E-state index is 13.6. The average molecular weight is 524 g/mol. The Balaban J connectivity index is 1.66. The van der Waals surface area contributed by atoms with E-state index in [9.17, 15) is 18.7 Å². The first-order chi connectivity index (χ1) is 17.7. The second-order valence-electron chi connectivity index (χ2n) is 11.3. The first-order valence-corrected chi connectivity index (χ1v) is 14.0. The molecule has 1 heterocycles. The Hall–Kier alpha value is -1.77. The van der Waals surface area contributed by atoms with Gasteiger partial charge in [0.05, 0.1) is 5.60 Å². The second-order valence-corrected chi connectivity index (χ2v) is 11.3. The van der Waals surface area contributed by atoms with Crippen LogP contribution in [0.5, 0.6) is 0 Å². The van der Waals surface area contributed by atoms with E-state index in [-0.39, 0.29) is 36.8 Å². The van der Waals surface area contributed by atoms with Crippen LogP contribution < -0.4 is 10.6 Å². The molecule has 2 fully saturated rings. The molecule has 3 rings (SSSR count). The van der Waals surface area contributed by atoms with Gasteiger partial charge in [0.2, 0.25) is 5.92 Å². The third-order valence-corrected chi connectivity index (χ3v) is 8.29. The van der Waals surface area contributed by atoms with Gasteiger partial charge in [-0.2, -0.15) is 0 Å². The molecule has 37 heavy (non-hydrogen) atoms. The van der Waals surface area contributed by atoms with E-state index in [4.69, 9.17) is 4.74 Å². The minimum Gasteiger partial charge on any atom is -0.385 e. The number of aliphatic hydroxyl groups is 1. The predicted molar refractivity (Wildman–Crippen MR) is 143 cm³/mol. The van der Waals surface area contributed by atoms with Crippen LogP contribution in [0.25, 0.3) is 0 Å². The zero-order valence-electron chi connectivity index (χ0n) is 22.9. The van der Waals surface area contributed by atoms with E-state index in [2.05, 4.69) is 16.7 Å². The van der Waals surface area contributed by atoms with Crippen molar-refractivity contribution in [2.45, 2.75) is 88.7 Å². The zero-order valence-corrected chi connectivity index (χ0v) is 22.9. The number of methoxy groups -OCH3 is 1. The van der Waals surface area contributed by atoms with E-state index in [0.717, 1.165) is 36.8 Å². The lowest BCUT2D eigenvalue weighted by Crippen LogP contribution is -2.54. The summed E-state index contributed by atoms with van der Waals surface area (Å²) in [5.74, 6) is -2.41. The quantitative estimate of drug-likeness (QED) is 0.328. The summed E-state index contributed by atoms with van der Waals surface area (Å²) in [7, 11) is 3.53. The maximum Gasteiger partial charge on any atom is 0.317 e. The van der Waals surface area contributed by atoms with E-state index >= 15 is 0 Å². The molecule has 1 aromatic rings. The van der Waals surface area contributed by atoms with Gasteiger partial charge in [-0.1, -0.05) is 29.8 Å². The average Bonchev–Trinajstić information content (AvgIpc) is 2.88. The predicted octanol–water partition coefficient (Wildman–Crippen LogP) is 5.22. The highest BCUT2D eigenvalue weighted by Gasteiger charge is 2.41. The SMILES string of the molecule is CNCC(CC1CCC(F)(F)CC1)NC(=O)N1CCCC(C(O)(CCCCOC)c2cccc(C)c2)C1. The summed E-state index contributed by atoms with van der Waals surface area (Å²) in [6.07, 6.45) is 5.60. The number of halogens is 2. The molecule has 0 aromatic heterocycles. The van der Waals surface area contributed by atoms with Crippen molar-refractivity contribution in [1.29, 1.82) is 0 Å². The molecule has 2 aliphatic rings. The molecule has 3 atom stereocenters. The minimum absolute atomic E-state index is 0.0619. The molecule has 0 radical (unpaired) electrons. The molecule has 1 aromatic carbocycles. The fourth-order valence-electron chi connectivity index (χ4n) is 6.13. The number of likely N-dealkylation sites (N-methyl/N-ethyl adjacent to an activating group) is 1. The monoisotopic (exact) mass is 523 g/mol. The van der Waals surface area contributed by atoms with Crippen molar-refractivity contribution in [2.75, 3.05) is 40.4 Å². The highest BCUT2D eigenvalue weighted by molar-refractivity contribution is 5.74. The van der Waals surface area contributed by atoms with Gasteiger partial charge in [-0.15, -0.1) is 0 Å². The molecule has 6 nitrogen and oxygen atoms in total. The molecule has 1 aliphatic carbocycles. The highest BCUT2D eigenvalue weighted by atomic mass is 19.3. The number of nitrogens with zero attached hydrogens (tertiary/aromatic N) is 1. The van der Waals surface area contributed by atoms with Crippen LogP contribution >= 0.6 is 0 Å². The van der Waals surface area contributed by atoms with Crippen LogP contribution in [-0.4, -0.2) is 68.4 Å². The molecule has 0 spiro atoms. The summed E-state index contributed by atoms with van der Waals surface area (Å²) in [5, 5.41) is 18.4. The van der Waals surface area contributed by atoms with Crippen LogP contribution in [0.1, 0.15) is 75.3 Å². The normalized spacial score (nSPS) is 22.9. The summed E-state index contributed by atoms with van der Waals surface area (Å²) in [6.45, 7) is 4.43. The van der Waals surface area contributed by atoms with Gasteiger partial charge in [0, 0.05) is 58.2 Å². The lowest BCUT2D eigenvalue weighted by atomic mass is 9.74. The van der Waals surface area contributed by atoms with E-state index in [1.165, 1.54) is 0 Å². The molecule has 8 heteroatoms. The van der Waals surface area contributed by atoms with Crippen LogP contribution in [0.3, 0.4) is 0 Å². The molecular weight excluding hydrogens is 476 g/mol. The molecule has 1 saturated carbocycles. The summed E-state index contributed by atoms with van der Waals surface area (Å²) in [4.78, 5) is 15.2. The Morgan fingerprint density at radius 1 is 1.27 bits per heavy atom. The number of carbonyl (C=O) groups is 1. The number of rotatable bonds is 12. The molecule has 2 amide bonds. The Morgan fingerprint density at radius 2 is 2.03 bits per heavy atom. The number of piperidine rings is 1. The van der Waals surface area contributed by atoms with Gasteiger partial charge in [0.15, 0.2) is 0 Å². The van der Waals surface area contributed by atoms with Crippen LogP contribution in [-0.2, 0) is 10.3 Å². The van der Waals surface area contributed by atoms with Crippen LogP contribution in [0, 0.1) is 18.8 Å². The number of likely N-dealkylation sites (tertiary alicyclic amines) is 1. The lowest BCUT2D eigenvalue weighted by Gasteiger charge is -2.43. The number of nitrogens with one attached hydrogen (secondary N) is 2. The molecule has 210 valence electrons. The van der Waals surface area contributed by atoms with Gasteiger partial charge in [-0.3, -0.25) is 0 Å². The smallest absolute Gasteiger partial charge is 0.317 e. The van der Waals surface area contributed by atoms with Crippen molar-refractivity contribution in [3.63, 3.8) is 0 Å². The maximum atomic E-state index is 13.6. The number of ether oxygens (including phenoxy) is 1. The van der Waals surface area contributed by atoms with Crippen molar-refractivity contribution in [1.82, 2.24) is 15.5 Å². The van der Waals surface area contributed by atoms with Gasteiger partial charge in [0.25, 0.3) is 0 Å². The van der Waals surface area contributed by atoms with E-state index in [0.29, 0.717) is 51.9 Å². The van der Waals surface area contributed by atoms with Crippen molar-refractivity contribution in [2.24, 2.45) is 11.8 Å². The Kier molecular flexibility index (Phi) is 11.2. The number of aryl methyl sites for hydroxylation is 1. The highest BCUT2D eigenvalue weighted by Crippen LogP contribution is 2.40. The first-order valence-electron chi connectivity index (χ1n) is 14.0. The van der Waals surface area contributed by atoms with Gasteiger partial charge in [-0.25, -0.2) is 13.6 Å². The number of urea groups is 1. The Morgan fingerprint density at radius 3 is 2.70 bits per heavy atom. The van der Waals surface area contributed by atoms with Crippen LogP contribution in [0.15, 0.2) is 24.3 Å². The fourth-order valence-corrected chi connectivity index (χ4v) is 6.13. The number of alkyl halides is 2. The molecule has 1 saturated heterocycles. The van der Waals surface area contributed by atoms with Crippen molar-refractivity contribution in [3.8, 4) is 0 Å². The number of amides is 2. The Bertz CT molecular complexity index is 845. The van der Waals surface area contributed by atoms with Crippen LogP contribution in [0.4, 0.5) is 13.6 Å². The van der Waals surface area contributed by atoms with E-state index in [1.54, 1.807) is 7.11 Å². The van der Waals surface area contributed by atoms with Crippen LogP contribution in [0.2, 0.25) is 0 Å². The summed E-state index contributed by atoms with van der Waals surface area (Å²) < 4.78 is 32.4. The lowest BCUT2D eigenvalue weighted by molar-refractivity contribution is -0.0567. The summed E-state index contributed by atoms with van der Waals surface area (Å²) >= 11 is 0. The standard InChI is InChI=1S/C29H47F2N3O3/c1-22-8-6-9-24(18-22)29(36,13-4-5-17-37-3)25-10-7-16-34(21-25)27(35)33-26(20-32-2)19-23-11-14-28(30,31)15-12-23/h6,8-9,18,23,25-26,32,36H,4-5,7,10-17,19-21H2,1-3H3,(H,33,35). The molecule has 0 bridgehead atoms. The third kappa shape index (κ3) is 8.62. The van der Waals surface area contributed by atoms with E-state index < -0.39 is 11.5 Å². The molecule has 3 unspecified atom stereocenters. The molecule has 3 N–H and O–H groups in total. The molecular formula is C29H47F2N3O3. The second kappa shape index (κ2) is 13.9.